The molecule has 0 aromatic heterocycles. The Morgan fingerprint density at radius 2 is 1.08 bits per heavy atom. The van der Waals surface area contributed by atoms with Crippen LogP contribution in [0.4, 0.5) is 0 Å². The zero-order chi connectivity index (χ0) is 35.0. The number of ether oxygens (including phenoxy) is 3. The van der Waals surface area contributed by atoms with Crippen LogP contribution in [0.15, 0.2) is 78.9 Å². The van der Waals surface area contributed by atoms with Gasteiger partial charge in [0.25, 0.3) is 0 Å². The van der Waals surface area contributed by atoms with Crippen LogP contribution in [0.1, 0.15) is 29.5 Å². The van der Waals surface area contributed by atoms with Gasteiger partial charge in [-0.05, 0) is 84.2 Å². The van der Waals surface area contributed by atoms with Crippen LogP contribution in [0.2, 0.25) is 0 Å². The second-order valence-electron chi connectivity index (χ2n) is 10.6. The highest BCUT2D eigenvalue weighted by Gasteiger charge is 2.58. The van der Waals surface area contributed by atoms with E-state index < -0.39 is 71.5 Å². The second-order valence-corrected chi connectivity index (χ2v) is 10.6. The molecule has 1 aliphatic rings. The number of aliphatic carboxylic acids is 1. The van der Waals surface area contributed by atoms with Crippen LogP contribution < -0.4 is 0 Å². The topological polar surface area (TPSA) is 238 Å². The number of esters is 3. The quantitative estimate of drug-likeness (QED) is 0.0715. The van der Waals surface area contributed by atoms with Crippen molar-refractivity contribution < 1.29 is 69.1 Å². The molecule has 14 nitrogen and oxygen atoms in total. The zero-order valence-corrected chi connectivity index (χ0v) is 24.9. The van der Waals surface area contributed by atoms with Crippen LogP contribution >= 0.6 is 0 Å². The highest BCUT2D eigenvalue weighted by Crippen LogP contribution is 2.36. The van der Waals surface area contributed by atoms with Gasteiger partial charge in [0.05, 0.1) is 0 Å². The second kappa shape index (κ2) is 14.9. The molecule has 4 atom stereocenters. The Labute approximate surface area is 272 Å². The summed E-state index contributed by atoms with van der Waals surface area (Å²) in [6, 6.07) is 13.1. The summed E-state index contributed by atoms with van der Waals surface area (Å²) in [5.74, 6) is -6.86. The number of rotatable bonds is 10. The summed E-state index contributed by atoms with van der Waals surface area (Å²) < 4.78 is 16.3. The van der Waals surface area contributed by atoms with E-state index in [1.54, 1.807) is 0 Å². The summed E-state index contributed by atoms with van der Waals surface area (Å²) in [5, 5.41) is 69.0. The Kier molecular flexibility index (Phi) is 10.7. The number of benzene rings is 3. The van der Waals surface area contributed by atoms with Crippen molar-refractivity contribution in [1.29, 1.82) is 0 Å². The van der Waals surface area contributed by atoms with Gasteiger partial charge in [-0.25, -0.2) is 19.2 Å². The normalized spacial score (nSPS) is 20.9. The van der Waals surface area contributed by atoms with E-state index in [0.717, 1.165) is 36.4 Å². The van der Waals surface area contributed by atoms with Crippen molar-refractivity contribution in [2.45, 2.75) is 36.8 Å². The van der Waals surface area contributed by atoms with Gasteiger partial charge in [0.15, 0.2) is 35.2 Å². The fourth-order valence-corrected chi connectivity index (χ4v) is 4.69. The summed E-state index contributed by atoms with van der Waals surface area (Å²) in [6.45, 7) is 0. The van der Waals surface area contributed by atoms with Crippen molar-refractivity contribution in [1.82, 2.24) is 0 Å². The van der Waals surface area contributed by atoms with Gasteiger partial charge in [-0.15, -0.1) is 0 Å². The Morgan fingerprint density at radius 1 is 0.625 bits per heavy atom. The molecule has 0 amide bonds. The average Bonchev–Trinajstić information content (AvgIpc) is 3.04. The van der Waals surface area contributed by atoms with Gasteiger partial charge in [-0.2, -0.15) is 0 Å². The Morgan fingerprint density at radius 3 is 1.58 bits per heavy atom. The monoisotopic (exact) mass is 662 g/mol. The molecule has 0 spiro atoms. The molecule has 0 radical (unpaired) electrons. The van der Waals surface area contributed by atoms with Gasteiger partial charge in [-0.3, -0.25) is 0 Å². The third kappa shape index (κ3) is 8.70. The molecule has 1 saturated carbocycles. The van der Waals surface area contributed by atoms with Crippen LogP contribution in [0, 0.1) is 0 Å². The number of carboxylic acid groups (broad SMARTS) is 1. The molecule has 3 aromatic carbocycles. The number of hydrogen-bond donors (Lipinski definition) is 7. The number of aromatic hydroxyl groups is 5. The minimum absolute atomic E-state index is 0.0215. The summed E-state index contributed by atoms with van der Waals surface area (Å²) in [5.41, 5.74) is -1.79. The van der Waals surface area contributed by atoms with Crippen molar-refractivity contribution in [2.24, 2.45) is 0 Å². The van der Waals surface area contributed by atoms with Crippen LogP contribution in [-0.2, 0) is 33.4 Å². The molecule has 1 aliphatic carbocycles. The Hall–Kier alpha value is -6.28. The Balaban J connectivity index is 1.62. The molecule has 0 heterocycles. The first-order chi connectivity index (χ1) is 22.7. The fourth-order valence-electron chi connectivity index (χ4n) is 4.69. The maximum atomic E-state index is 13.0. The molecule has 250 valence electrons. The summed E-state index contributed by atoms with van der Waals surface area (Å²) in [6.07, 6.45) is 0.119. The standard InChI is InChI=1S/C34H30O14/c35-22-8-1-19(2-9-22)5-12-29(41)47-31-27(46-28(40)13-6-20-3-10-23(36)25(38)17-20)15-16-34(45,33(43)44)32(31)48-30(42)14-7-21-4-11-24(37)26(39)18-21/h1-14,17-18,27,31-32,35-39,45H,15-16H2,(H,43,44)/b12-5+,13-6+,14-7+/t27-,31+,32+,34-/m1/s1. The number of hydrogen-bond acceptors (Lipinski definition) is 13. The zero-order valence-electron chi connectivity index (χ0n) is 24.9. The molecule has 0 bridgehead atoms. The van der Waals surface area contributed by atoms with E-state index in [2.05, 4.69) is 0 Å². The van der Waals surface area contributed by atoms with Gasteiger partial charge >= 0.3 is 23.9 Å². The lowest BCUT2D eigenvalue weighted by atomic mass is 9.78. The lowest BCUT2D eigenvalue weighted by Crippen LogP contribution is -2.64. The molecular weight excluding hydrogens is 632 g/mol. The molecular formula is C34H30O14. The molecule has 4 rings (SSSR count). The van der Waals surface area contributed by atoms with Crippen molar-refractivity contribution >= 4 is 42.1 Å². The minimum Gasteiger partial charge on any atom is -0.508 e. The average molecular weight is 663 g/mol. The smallest absolute Gasteiger partial charge is 0.339 e. The molecule has 0 aliphatic heterocycles. The van der Waals surface area contributed by atoms with Crippen LogP contribution in [0.25, 0.3) is 18.2 Å². The number of phenolic OH excluding ortho intramolecular Hbond substituents is 5. The van der Waals surface area contributed by atoms with E-state index in [-0.39, 0.29) is 23.5 Å². The molecule has 1 fully saturated rings. The maximum absolute atomic E-state index is 13.0. The summed E-state index contributed by atoms with van der Waals surface area (Å²) in [7, 11) is 0. The number of aliphatic hydroxyl groups is 1. The third-order valence-electron chi connectivity index (χ3n) is 7.21. The third-order valence-corrected chi connectivity index (χ3v) is 7.21. The van der Waals surface area contributed by atoms with Crippen LogP contribution in [0.3, 0.4) is 0 Å². The molecule has 14 heteroatoms. The van der Waals surface area contributed by atoms with Gasteiger partial charge < -0.3 is 50.0 Å². The summed E-state index contributed by atoms with van der Waals surface area (Å²) >= 11 is 0. The predicted octanol–water partition coefficient (Wildman–Crippen LogP) is 3.00. The van der Waals surface area contributed by atoms with Gasteiger partial charge in [0.2, 0.25) is 5.60 Å². The van der Waals surface area contributed by atoms with Gasteiger partial charge in [0.1, 0.15) is 11.9 Å². The van der Waals surface area contributed by atoms with E-state index in [9.17, 15) is 54.9 Å². The van der Waals surface area contributed by atoms with E-state index >= 15 is 0 Å². The molecule has 48 heavy (non-hydrogen) atoms. The predicted molar refractivity (Wildman–Crippen MR) is 166 cm³/mol. The lowest BCUT2D eigenvalue weighted by molar-refractivity contribution is -0.226. The minimum atomic E-state index is -2.80. The molecule has 0 saturated heterocycles. The number of carbonyl (C=O) groups is 4. The largest absolute Gasteiger partial charge is 0.508 e. The number of carboxylic acids is 1. The maximum Gasteiger partial charge on any atom is 0.339 e. The van der Waals surface area contributed by atoms with Crippen LogP contribution in [0.5, 0.6) is 28.7 Å². The van der Waals surface area contributed by atoms with Crippen molar-refractivity contribution in [3.63, 3.8) is 0 Å². The number of phenols is 5. The van der Waals surface area contributed by atoms with Gasteiger partial charge in [0, 0.05) is 18.2 Å². The summed E-state index contributed by atoms with van der Waals surface area (Å²) in [4.78, 5) is 50.9. The highest BCUT2D eigenvalue weighted by molar-refractivity contribution is 5.90. The van der Waals surface area contributed by atoms with Crippen molar-refractivity contribution in [2.75, 3.05) is 0 Å². The lowest BCUT2D eigenvalue weighted by Gasteiger charge is -2.43. The fraction of sp³-hybridized carbons (Fsp3) is 0.176. The first kappa shape index (κ1) is 34.6. The first-order valence-electron chi connectivity index (χ1n) is 14.2. The molecule has 3 aromatic rings. The van der Waals surface area contributed by atoms with Crippen LogP contribution in [-0.4, -0.2) is 83.5 Å². The highest BCUT2D eigenvalue weighted by atomic mass is 16.6. The first-order valence-corrected chi connectivity index (χ1v) is 14.2. The van der Waals surface area contributed by atoms with Crippen molar-refractivity contribution in [3.05, 3.63) is 95.6 Å². The van der Waals surface area contributed by atoms with E-state index in [1.165, 1.54) is 60.7 Å². The van der Waals surface area contributed by atoms with E-state index in [4.69, 9.17) is 14.2 Å². The van der Waals surface area contributed by atoms with E-state index in [0.29, 0.717) is 11.1 Å². The SMILES string of the molecule is O=C(/C=C/c1ccc(O)cc1)O[C@H]1[C@H](OC(=O)/C=C/c2ccc(O)c(O)c2)CC[C@](O)(C(=O)O)[C@H]1OC(=O)/C=C/c1ccc(O)c(O)c1. The number of carbonyl (C=O) groups excluding carboxylic acids is 3. The van der Waals surface area contributed by atoms with E-state index in [1.807, 2.05) is 0 Å². The molecule has 0 unspecified atom stereocenters. The Bertz CT molecular complexity index is 1770. The van der Waals surface area contributed by atoms with Gasteiger partial charge in [-0.1, -0.05) is 24.3 Å². The molecule has 7 N–H and O–H groups in total. The van der Waals surface area contributed by atoms with Crippen molar-refractivity contribution in [3.8, 4) is 28.7 Å².